The van der Waals surface area contributed by atoms with Crippen molar-refractivity contribution in [3.63, 3.8) is 0 Å². The Morgan fingerprint density at radius 2 is 1.63 bits per heavy atom. The SMILES string of the molecule is OC1c2ccccc2CC1N(CC1CC1)CC1CC1. The molecule has 1 aromatic rings. The van der Waals surface area contributed by atoms with Crippen LogP contribution < -0.4 is 0 Å². The summed E-state index contributed by atoms with van der Waals surface area (Å²) in [5, 5.41) is 10.6. The van der Waals surface area contributed by atoms with Crippen LogP contribution in [0.25, 0.3) is 0 Å². The highest BCUT2D eigenvalue weighted by Gasteiger charge is 2.39. The lowest BCUT2D eigenvalue weighted by atomic mass is 10.1. The smallest absolute Gasteiger partial charge is 0.0951 e. The van der Waals surface area contributed by atoms with Gasteiger partial charge in [-0.15, -0.1) is 0 Å². The zero-order chi connectivity index (χ0) is 12.8. The molecule has 2 nitrogen and oxygen atoms in total. The van der Waals surface area contributed by atoms with Gasteiger partial charge in [-0.25, -0.2) is 0 Å². The first-order valence-electron chi connectivity index (χ1n) is 7.81. The Morgan fingerprint density at radius 3 is 2.21 bits per heavy atom. The lowest BCUT2D eigenvalue weighted by Gasteiger charge is -2.31. The maximum atomic E-state index is 10.6. The third-order valence-electron chi connectivity index (χ3n) is 5.02. The molecule has 2 fully saturated rings. The van der Waals surface area contributed by atoms with E-state index in [1.165, 1.54) is 49.9 Å². The summed E-state index contributed by atoms with van der Waals surface area (Å²) in [4.78, 5) is 2.61. The Morgan fingerprint density at radius 1 is 1.00 bits per heavy atom. The van der Waals surface area contributed by atoms with Gasteiger partial charge < -0.3 is 5.11 Å². The van der Waals surface area contributed by atoms with Crippen LogP contribution >= 0.6 is 0 Å². The second-order valence-corrected chi connectivity index (χ2v) is 6.76. The quantitative estimate of drug-likeness (QED) is 0.877. The van der Waals surface area contributed by atoms with Gasteiger partial charge in [-0.2, -0.15) is 0 Å². The molecule has 0 aliphatic heterocycles. The molecule has 19 heavy (non-hydrogen) atoms. The Balaban J connectivity index is 1.52. The van der Waals surface area contributed by atoms with Crippen LogP contribution in [0, 0.1) is 11.8 Å². The predicted molar refractivity (Wildman–Crippen MR) is 75.9 cm³/mol. The fraction of sp³-hybridized carbons (Fsp3) is 0.647. The van der Waals surface area contributed by atoms with Crippen molar-refractivity contribution in [2.75, 3.05) is 13.1 Å². The Kier molecular flexibility index (Phi) is 2.89. The summed E-state index contributed by atoms with van der Waals surface area (Å²) in [6.45, 7) is 2.43. The highest BCUT2D eigenvalue weighted by Crippen LogP contribution is 2.40. The zero-order valence-electron chi connectivity index (χ0n) is 11.5. The van der Waals surface area contributed by atoms with E-state index in [1.54, 1.807) is 0 Å². The van der Waals surface area contributed by atoms with Gasteiger partial charge >= 0.3 is 0 Å². The first-order chi connectivity index (χ1) is 9.31. The van der Waals surface area contributed by atoms with E-state index in [-0.39, 0.29) is 6.10 Å². The molecule has 0 amide bonds. The van der Waals surface area contributed by atoms with Crippen molar-refractivity contribution in [2.24, 2.45) is 11.8 Å². The minimum absolute atomic E-state index is 0.270. The lowest BCUT2D eigenvalue weighted by Crippen LogP contribution is -2.41. The second-order valence-electron chi connectivity index (χ2n) is 6.76. The fourth-order valence-corrected chi connectivity index (χ4v) is 3.49. The second kappa shape index (κ2) is 4.60. The molecule has 0 bridgehead atoms. The van der Waals surface area contributed by atoms with Crippen molar-refractivity contribution in [1.82, 2.24) is 4.90 Å². The number of aliphatic hydroxyl groups is 1. The topological polar surface area (TPSA) is 23.5 Å². The molecular weight excluding hydrogens is 234 g/mol. The lowest BCUT2D eigenvalue weighted by molar-refractivity contribution is 0.0547. The molecule has 2 atom stereocenters. The van der Waals surface area contributed by atoms with E-state index < -0.39 is 0 Å². The van der Waals surface area contributed by atoms with Crippen LogP contribution in [-0.2, 0) is 6.42 Å². The Bertz CT molecular complexity index is 450. The summed E-state index contributed by atoms with van der Waals surface area (Å²) in [5.74, 6) is 1.82. The maximum absolute atomic E-state index is 10.6. The molecule has 0 spiro atoms. The van der Waals surface area contributed by atoms with E-state index in [4.69, 9.17) is 0 Å². The first kappa shape index (κ1) is 11.9. The van der Waals surface area contributed by atoms with E-state index in [2.05, 4.69) is 29.2 Å². The molecule has 3 aliphatic carbocycles. The van der Waals surface area contributed by atoms with Crippen LogP contribution in [-0.4, -0.2) is 29.1 Å². The number of nitrogens with zero attached hydrogens (tertiary/aromatic N) is 1. The van der Waals surface area contributed by atoms with Crippen LogP contribution in [0.3, 0.4) is 0 Å². The van der Waals surface area contributed by atoms with Crippen molar-refractivity contribution in [3.05, 3.63) is 35.4 Å². The molecule has 1 aromatic carbocycles. The molecule has 3 aliphatic rings. The van der Waals surface area contributed by atoms with Gasteiger partial charge in [0.1, 0.15) is 0 Å². The molecule has 2 saturated carbocycles. The number of hydrogen-bond donors (Lipinski definition) is 1. The van der Waals surface area contributed by atoms with Crippen LogP contribution in [0.2, 0.25) is 0 Å². The van der Waals surface area contributed by atoms with Crippen LogP contribution in [0.4, 0.5) is 0 Å². The Labute approximate surface area is 115 Å². The third-order valence-corrected chi connectivity index (χ3v) is 5.02. The van der Waals surface area contributed by atoms with Gasteiger partial charge in [0, 0.05) is 19.1 Å². The van der Waals surface area contributed by atoms with E-state index in [1.807, 2.05) is 0 Å². The van der Waals surface area contributed by atoms with Gasteiger partial charge in [-0.3, -0.25) is 4.90 Å². The summed E-state index contributed by atoms with van der Waals surface area (Å²) in [7, 11) is 0. The molecule has 2 heteroatoms. The summed E-state index contributed by atoms with van der Waals surface area (Å²) in [5.41, 5.74) is 2.53. The monoisotopic (exact) mass is 257 g/mol. The number of hydrogen-bond acceptors (Lipinski definition) is 2. The molecule has 0 aromatic heterocycles. The van der Waals surface area contributed by atoms with E-state index in [0.717, 1.165) is 18.3 Å². The molecule has 2 unspecified atom stereocenters. The molecule has 0 saturated heterocycles. The third kappa shape index (κ3) is 2.44. The van der Waals surface area contributed by atoms with Gasteiger partial charge in [0.15, 0.2) is 0 Å². The maximum Gasteiger partial charge on any atom is 0.0951 e. The van der Waals surface area contributed by atoms with Crippen molar-refractivity contribution < 1.29 is 5.11 Å². The molecular formula is C17H23NO. The van der Waals surface area contributed by atoms with Crippen molar-refractivity contribution in [1.29, 1.82) is 0 Å². The zero-order valence-corrected chi connectivity index (χ0v) is 11.5. The average molecular weight is 257 g/mol. The van der Waals surface area contributed by atoms with Crippen LogP contribution in [0.15, 0.2) is 24.3 Å². The largest absolute Gasteiger partial charge is 0.387 e. The predicted octanol–water partition coefficient (Wildman–Crippen LogP) is 2.77. The van der Waals surface area contributed by atoms with Crippen LogP contribution in [0.5, 0.6) is 0 Å². The van der Waals surface area contributed by atoms with Gasteiger partial charge in [-0.05, 0) is 55.1 Å². The van der Waals surface area contributed by atoms with Gasteiger partial charge in [-0.1, -0.05) is 24.3 Å². The van der Waals surface area contributed by atoms with E-state index >= 15 is 0 Å². The number of benzene rings is 1. The molecule has 1 N–H and O–H groups in total. The normalized spacial score (nSPS) is 29.8. The number of aliphatic hydroxyl groups excluding tert-OH is 1. The average Bonchev–Trinajstić information content (AvgIpc) is 3.32. The van der Waals surface area contributed by atoms with Crippen LogP contribution in [0.1, 0.15) is 42.9 Å². The highest BCUT2D eigenvalue weighted by molar-refractivity contribution is 5.36. The van der Waals surface area contributed by atoms with Gasteiger partial charge in [0.2, 0.25) is 0 Å². The molecule has 4 rings (SSSR count). The first-order valence-corrected chi connectivity index (χ1v) is 7.81. The summed E-state index contributed by atoms with van der Waals surface area (Å²) < 4.78 is 0. The molecule has 0 radical (unpaired) electrons. The van der Waals surface area contributed by atoms with Gasteiger partial charge in [0.25, 0.3) is 0 Å². The highest BCUT2D eigenvalue weighted by atomic mass is 16.3. The number of fused-ring (bicyclic) bond motifs is 1. The van der Waals surface area contributed by atoms with E-state index in [0.29, 0.717) is 6.04 Å². The Hall–Kier alpha value is -0.860. The van der Waals surface area contributed by atoms with Crippen molar-refractivity contribution in [2.45, 2.75) is 44.2 Å². The summed E-state index contributed by atoms with van der Waals surface area (Å²) >= 11 is 0. The summed E-state index contributed by atoms with van der Waals surface area (Å²) in [6, 6.07) is 8.77. The molecule has 102 valence electrons. The number of rotatable bonds is 5. The minimum Gasteiger partial charge on any atom is -0.387 e. The minimum atomic E-state index is -0.270. The van der Waals surface area contributed by atoms with E-state index in [9.17, 15) is 5.11 Å². The molecule has 0 heterocycles. The van der Waals surface area contributed by atoms with Crippen molar-refractivity contribution in [3.8, 4) is 0 Å². The van der Waals surface area contributed by atoms with Gasteiger partial charge in [0.05, 0.1) is 6.10 Å². The fourth-order valence-electron chi connectivity index (χ4n) is 3.49. The standard InChI is InChI=1S/C17H23NO/c19-17-15-4-2-1-3-14(15)9-16(17)18(10-12-5-6-12)11-13-7-8-13/h1-4,12-13,16-17,19H,5-11H2. The summed E-state index contributed by atoms with van der Waals surface area (Å²) in [6.07, 6.45) is 6.37. The van der Waals surface area contributed by atoms with Crippen molar-refractivity contribution >= 4 is 0 Å².